The van der Waals surface area contributed by atoms with Gasteiger partial charge in [-0.1, -0.05) is 18.2 Å². The number of rotatable bonds is 6. The monoisotopic (exact) mass is 293 g/mol. The van der Waals surface area contributed by atoms with E-state index < -0.39 is 5.60 Å². The smallest absolute Gasteiger partial charge is 0.306 e. The molecule has 0 radical (unpaired) electrons. The average Bonchev–Trinajstić information content (AvgIpc) is 2.41. The molecule has 0 unspecified atom stereocenters. The zero-order chi connectivity index (χ0) is 15.9. The van der Waals surface area contributed by atoms with E-state index in [1.54, 1.807) is 27.9 Å². The predicted octanol–water partition coefficient (Wildman–Crippen LogP) is 2.43. The van der Waals surface area contributed by atoms with Crippen LogP contribution in [0, 0.1) is 0 Å². The van der Waals surface area contributed by atoms with Crippen molar-refractivity contribution in [2.45, 2.75) is 45.8 Å². The first-order chi connectivity index (χ1) is 9.81. The van der Waals surface area contributed by atoms with Crippen molar-refractivity contribution in [2.24, 2.45) is 0 Å². The first-order valence-corrected chi connectivity index (χ1v) is 6.92. The van der Waals surface area contributed by atoms with E-state index in [0.717, 1.165) is 11.3 Å². The molecular weight excluding hydrogens is 270 g/mol. The molecule has 0 fully saturated rings. The fourth-order valence-electron chi connectivity index (χ4n) is 1.74. The van der Waals surface area contributed by atoms with Crippen LogP contribution >= 0.6 is 0 Å². The fraction of sp³-hybridized carbons (Fsp3) is 0.500. The van der Waals surface area contributed by atoms with Crippen molar-refractivity contribution in [3.63, 3.8) is 0 Å². The molecule has 0 aliphatic rings. The number of methoxy groups -OCH3 is 1. The van der Waals surface area contributed by atoms with Gasteiger partial charge in [0.1, 0.15) is 11.4 Å². The van der Waals surface area contributed by atoms with Crippen molar-refractivity contribution in [3.8, 4) is 5.75 Å². The van der Waals surface area contributed by atoms with E-state index in [-0.39, 0.29) is 24.7 Å². The molecule has 0 heterocycles. The normalized spacial score (nSPS) is 10.9. The molecular formula is C16H23NO4. The highest BCUT2D eigenvalue weighted by Crippen LogP contribution is 2.16. The van der Waals surface area contributed by atoms with Crippen LogP contribution in [0.15, 0.2) is 24.3 Å². The number of amides is 1. The Kier molecular flexibility index (Phi) is 6.21. The Balaban J connectivity index is 2.36. The Hall–Kier alpha value is -2.04. The van der Waals surface area contributed by atoms with Gasteiger partial charge in [-0.3, -0.25) is 9.59 Å². The van der Waals surface area contributed by atoms with Gasteiger partial charge in [-0.05, 0) is 26.8 Å². The van der Waals surface area contributed by atoms with Gasteiger partial charge in [0.2, 0.25) is 5.91 Å². The quantitative estimate of drug-likeness (QED) is 0.818. The number of ether oxygens (including phenoxy) is 2. The van der Waals surface area contributed by atoms with Crippen LogP contribution in [-0.2, 0) is 20.9 Å². The second kappa shape index (κ2) is 7.67. The summed E-state index contributed by atoms with van der Waals surface area (Å²) in [7, 11) is 1.59. The van der Waals surface area contributed by atoms with Crippen LogP contribution in [0.2, 0.25) is 0 Å². The van der Waals surface area contributed by atoms with E-state index in [1.807, 2.05) is 24.3 Å². The minimum atomic E-state index is -0.523. The number of hydrogen-bond donors (Lipinski definition) is 1. The molecule has 1 rings (SSSR count). The van der Waals surface area contributed by atoms with Crippen LogP contribution in [0.1, 0.15) is 39.2 Å². The number of para-hydroxylation sites is 1. The van der Waals surface area contributed by atoms with Gasteiger partial charge in [-0.15, -0.1) is 0 Å². The molecule has 5 nitrogen and oxygen atoms in total. The highest BCUT2D eigenvalue weighted by Gasteiger charge is 2.17. The third kappa shape index (κ3) is 6.79. The Bertz CT molecular complexity index is 491. The van der Waals surface area contributed by atoms with Gasteiger partial charge in [-0.25, -0.2) is 0 Å². The summed E-state index contributed by atoms with van der Waals surface area (Å²) in [5, 5.41) is 2.77. The summed E-state index contributed by atoms with van der Waals surface area (Å²) in [5.41, 5.74) is 0.371. The molecule has 1 amide bonds. The third-order valence-electron chi connectivity index (χ3n) is 2.64. The van der Waals surface area contributed by atoms with Gasteiger partial charge >= 0.3 is 5.97 Å². The number of esters is 1. The molecule has 0 saturated carbocycles. The summed E-state index contributed by atoms with van der Waals surface area (Å²) >= 11 is 0. The number of carbonyl (C=O) groups is 2. The average molecular weight is 293 g/mol. The molecule has 5 heteroatoms. The summed E-state index contributed by atoms with van der Waals surface area (Å²) in [6.45, 7) is 5.77. The van der Waals surface area contributed by atoms with Crippen LogP contribution in [0.5, 0.6) is 5.75 Å². The summed E-state index contributed by atoms with van der Waals surface area (Å²) in [4.78, 5) is 23.2. The van der Waals surface area contributed by atoms with Crippen molar-refractivity contribution >= 4 is 11.9 Å². The highest BCUT2D eigenvalue weighted by molar-refractivity contribution is 5.81. The molecule has 0 aliphatic carbocycles. The summed E-state index contributed by atoms with van der Waals surface area (Å²) in [6, 6.07) is 7.46. The summed E-state index contributed by atoms with van der Waals surface area (Å²) < 4.78 is 10.4. The van der Waals surface area contributed by atoms with Gasteiger partial charge < -0.3 is 14.8 Å². The first kappa shape index (κ1) is 17.0. The summed E-state index contributed by atoms with van der Waals surface area (Å²) in [6.07, 6.45) is 0.194. The van der Waals surface area contributed by atoms with Crippen LogP contribution in [0.3, 0.4) is 0 Å². The fourth-order valence-corrected chi connectivity index (χ4v) is 1.74. The van der Waals surface area contributed by atoms with E-state index >= 15 is 0 Å². The van der Waals surface area contributed by atoms with Gasteiger partial charge in [0.05, 0.1) is 13.5 Å². The van der Waals surface area contributed by atoms with E-state index in [1.165, 1.54) is 0 Å². The van der Waals surface area contributed by atoms with Crippen LogP contribution < -0.4 is 10.1 Å². The first-order valence-electron chi connectivity index (χ1n) is 6.92. The lowest BCUT2D eigenvalue weighted by atomic mass is 10.2. The largest absolute Gasteiger partial charge is 0.496 e. The van der Waals surface area contributed by atoms with Crippen molar-refractivity contribution in [1.82, 2.24) is 5.32 Å². The second-order valence-electron chi connectivity index (χ2n) is 5.68. The van der Waals surface area contributed by atoms with Crippen LogP contribution in [0.25, 0.3) is 0 Å². The topological polar surface area (TPSA) is 64.6 Å². The zero-order valence-corrected chi connectivity index (χ0v) is 13.1. The predicted molar refractivity (Wildman–Crippen MR) is 79.9 cm³/mol. The van der Waals surface area contributed by atoms with Crippen molar-refractivity contribution in [3.05, 3.63) is 29.8 Å². The maximum Gasteiger partial charge on any atom is 0.306 e. The molecule has 21 heavy (non-hydrogen) atoms. The lowest BCUT2D eigenvalue weighted by Gasteiger charge is -2.19. The summed E-state index contributed by atoms with van der Waals surface area (Å²) in [5.74, 6) is 0.173. The van der Waals surface area contributed by atoms with Gasteiger partial charge in [0, 0.05) is 18.5 Å². The molecule has 0 saturated heterocycles. The van der Waals surface area contributed by atoms with E-state index in [0.29, 0.717) is 6.54 Å². The maximum atomic E-state index is 11.7. The molecule has 0 aromatic heterocycles. The van der Waals surface area contributed by atoms with Crippen molar-refractivity contribution in [1.29, 1.82) is 0 Å². The third-order valence-corrected chi connectivity index (χ3v) is 2.64. The Morgan fingerprint density at radius 1 is 1.14 bits per heavy atom. The SMILES string of the molecule is COc1ccccc1CNC(=O)CCC(=O)OC(C)(C)C. The number of benzene rings is 1. The molecule has 0 bridgehead atoms. The Morgan fingerprint density at radius 3 is 2.43 bits per heavy atom. The second-order valence-corrected chi connectivity index (χ2v) is 5.68. The van der Waals surface area contributed by atoms with Gasteiger partial charge in [0.25, 0.3) is 0 Å². The minimum absolute atomic E-state index is 0.0784. The van der Waals surface area contributed by atoms with E-state index in [9.17, 15) is 9.59 Å². The number of hydrogen-bond acceptors (Lipinski definition) is 4. The van der Waals surface area contributed by atoms with E-state index in [4.69, 9.17) is 9.47 Å². The van der Waals surface area contributed by atoms with Crippen LogP contribution in [-0.4, -0.2) is 24.6 Å². The lowest BCUT2D eigenvalue weighted by Crippen LogP contribution is -2.27. The molecule has 1 aromatic carbocycles. The molecule has 1 aromatic rings. The zero-order valence-electron chi connectivity index (χ0n) is 13.1. The highest BCUT2D eigenvalue weighted by atomic mass is 16.6. The van der Waals surface area contributed by atoms with Crippen molar-refractivity contribution < 1.29 is 19.1 Å². The van der Waals surface area contributed by atoms with Crippen LogP contribution in [0.4, 0.5) is 0 Å². The number of nitrogens with one attached hydrogen (secondary N) is 1. The molecule has 116 valence electrons. The number of carbonyl (C=O) groups excluding carboxylic acids is 2. The maximum absolute atomic E-state index is 11.7. The minimum Gasteiger partial charge on any atom is -0.496 e. The van der Waals surface area contributed by atoms with E-state index in [2.05, 4.69) is 5.32 Å². The standard InChI is InChI=1S/C16H23NO4/c1-16(2,3)21-15(19)10-9-14(18)17-11-12-7-5-6-8-13(12)20-4/h5-8H,9-11H2,1-4H3,(H,17,18). The molecule has 0 spiro atoms. The van der Waals surface area contributed by atoms with Gasteiger partial charge in [0.15, 0.2) is 0 Å². The molecule has 1 N–H and O–H groups in total. The van der Waals surface area contributed by atoms with Crippen molar-refractivity contribution in [2.75, 3.05) is 7.11 Å². The Labute approximate surface area is 125 Å². The molecule has 0 atom stereocenters. The Morgan fingerprint density at radius 2 is 1.81 bits per heavy atom. The lowest BCUT2D eigenvalue weighted by molar-refractivity contribution is -0.155. The van der Waals surface area contributed by atoms with Gasteiger partial charge in [-0.2, -0.15) is 0 Å². The molecule has 0 aliphatic heterocycles.